The van der Waals surface area contributed by atoms with Crippen molar-refractivity contribution < 1.29 is 14.0 Å². The van der Waals surface area contributed by atoms with Gasteiger partial charge in [-0.1, -0.05) is 6.92 Å². The number of amides is 2. The van der Waals surface area contributed by atoms with Crippen LogP contribution in [0.4, 0.5) is 10.1 Å². The molecule has 1 unspecified atom stereocenters. The van der Waals surface area contributed by atoms with Crippen LogP contribution < -0.4 is 15.5 Å². The fourth-order valence-corrected chi connectivity index (χ4v) is 2.50. The molecule has 1 aliphatic rings. The van der Waals surface area contributed by atoms with Crippen LogP contribution in [0.1, 0.15) is 19.8 Å². The number of benzene rings is 1. The molecule has 5 nitrogen and oxygen atoms in total. The van der Waals surface area contributed by atoms with E-state index in [1.807, 2.05) is 0 Å². The van der Waals surface area contributed by atoms with Gasteiger partial charge in [-0.3, -0.25) is 9.59 Å². The molecule has 1 fully saturated rings. The van der Waals surface area contributed by atoms with Crippen molar-refractivity contribution in [3.63, 3.8) is 0 Å². The standard InChI is InChI=1S/C16H22FN3O2.ClH/c1-2-8-18-9-10-19-15(21)14-7-11-20(16(14)22)13-5-3-12(17)4-6-13;/h3-6,14,18H,2,7-11H2,1H3,(H,19,21);1H. The summed E-state index contributed by atoms with van der Waals surface area (Å²) in [6.45, 7) is 4.68. The van der Waals surface area contributed by atoms with Gasteiger partial charge in [-0.2, -0.15) is 0 Å². The largest absolute Gasteiger partial charge is 0.354 e. The summed E-state index contributed by atoms with van der Waals surface area (Å²) >= 11 is 0. The highest BCUT2D eigenvalue weighted by atomic mass is 35.5. The fraction of sp³-hybridized carbons (Fsp3) is 0.500. The lowest BCUT2D eigenvalue weighted by Crippen LogP contribution is -2.39. The first-order chi connectivity index (χ1) is 10.6. The Kier molecular flexibility index (Phi) is 7.98. The molecule has 1 atom stereocenters. The van der Waals surface area contributed by atoms with Crippen LogP contribution in [-0.4, -0.2) is 38.0 Å². The third kappa shape index (κ3) is 5.18. The first-order valence-corrected chi connectivity index (χ1v) is 7.69. The Balaban J connectivity index is 0.00000264. The Hall–Kier alpha value is -1.66. The molecule has 0 saturated carbocycles. The Morgan fingerprint density at radius 1 is 1.26 bits per heavy atom. The molecular weight excluding hydrogens is 321 g/mol. The maximum atomic E-state index is 12.9. The SMILES string of the molecule is CCCNCCNC(=O)C1CCN(c2ccc(F)cc2)C1=O.Cl. The molecule has 1 aromatic carbocycles. The maximum Gasteiger partial charge on any atom is 0.239 e. The molecule has 7 heteroatoms. The summed E-state index contributed by atoms with van der Waals surface area (Å²) in [4.78, 5) is 25.9. The second-order valence-electron chi connectivity index (χ2n) is 5.35. The molecule has 0 radical (unpaired) electrons. The summed E-state index contributed by atoms with van der Waals surface area (Å²) in [5, 5.41) is 5.97. The van der Waals surface area contributed by atoms with E-state index in [2.05, 4.69) is 17.6 Å². The van der Waals surface area contributed by atoms with E-state index in [9.17, 15) is 14.0 Å². The average molecular weight is 344 g/mol. The highest BCUT2D eigenvalue weighted by Crippen LogP contribution is 2.25. The molecule has 2 rings (SSSR count). The monoisotopic (exact) mass is 343 g/mol. The molecule has 1 aromatic rings. The first kappa shape index (κ1) is 19.4. The van der Waals surface area contributed by atoms with Crippen molar-refractivity contribution in [1.82, 2.24) is 10.6 Å². The lowest BCUT2D eigenvalue weighted by Gasteiger charge is -2.16. The highest BCUT2D eigenvalue weighted by molar-refractivity contribution is 6.09. The Labute approximate surface area is 142 Å². The summed E-state index contributed by atoms with van der Waals surface area (Å²) in [7, 11) is 0. The predicted molar refractivity (Wildman–Crippen MR) is 90.3 cm³/mol. The van der Waals surface area contributed by atoms with E-state index in [4.69, 9.17) is 0 Å². The smallest absolute Gasteiger partial charge is 0.239 e. The minimum atomic E-state index is -0.642. The summed E-state index contributed by atoms with van der Waals surface area (Å²) in [5.41, 5.74) is 0.631. The van der Waals surface area contributed by atoms with E-state index in [1.54, 1.807) is 17.0 Å². The van der Waals surface area contributed by atoms with Gasteiger partial charge in [0.1, 0.15) is 11.7 Å². The van der Waals surface area contributed by atoms with Gasteiger partial charge in [-0.15, -0.1) is 12.4 Å². The first-order valence-electron chi connectivity index (χ1n) is 7.69. The van der Waals surface area contributed by atoms with Gasteiger partial charge >= 0.3 is 0 Å². The zero-order valence-electron chi connectivity index (χ0n) is 13.2. The normalized spacial score (nSPS) is 17.0. The third-order valence-corrected chi connectivity index (χ3v) is 3.69. The molecule has 0 spiro atoms. The van der Waals surface area contributed by atoms with Crippen molar-refractivity contribution in [2.75, 3.05) is 31.1 Å². The number of hydrogen-bond donors (Lipinski definition) is 2. The van der Waals surface area contributed by atoms with Crippen molar-refractivity contribution >= 4 is 29.9 Å². The molecule has 1 aliphatic heterocycles. The van der Waals surface area contributed by atoms with Crippen LogP contribution in [0.3, 0.4) is 0 Å². The maximum absolute atomic E-state index is 12.9. The summed E-state index contributed by atoms with van der Waals surface area (Å²) in [6, 6.07) is 5.75. The van der Waals surface area contributed by atoms with Crippen LogP contribution in [0.25, 0.3) is 0 Å². The molecule has 2 amide bonds. The van der Waals surface area contributed by atoms with Gasteiger partial charge in [0.2, 0.25) is 11.8 Å². The Bertz CT molecular complexity index is 525. The molecule has 128 valence electrons. The van der Waals surface area contributed by atoms with Gasteiger partial charge < -0.3 is 15.5 Å². The third-order valence-electron chi connectivity index (χ3n) is 3.69. The number of anilines is 1. The molecule has 2 N–H and O–H groups in total. The number of nitrogens with one attached hydrogen (secondary N) is 2. The van der Waals surface area contributed by atoms with Gasteiger partial charge in [0.25, 0.3) is 0 Å². The molecule has 0 aromatic heterocycles. The topological polar surface area (TPSA) is 61.4 Å². The van der Waals surface area contributed by atoms with Crippen molar-refractivity contribution in [3.05, 3.63) is 30.1 Å². The van der Waals surface area contributed by atoms with E-state index < -0.39 is 5.92 Å². The van der Waals surface area contributed by atoms with Crippen molar-refractivity contribution in [2.45, 2.75) is 19.8 Å². The van der Waals surface area contributed by atoms with Gasteiger partial charge in [0, 0.05) is 25.3 Å². The molecule has 1 saturated heterocycles. The summed E-state index contributed by atoms with van der Waals surface area (Å²) < 4.78 is 12.9. The zero-order valence-corrected chi connectivity index (χ0v) is 14.0. The lowest BCUT2D eigenvalue weighted by molar-refractivity contribution is -0.132. The van der Waals surface area contributed by atoms with E-state index >= 15 is 0 Å². The van der Waals surface area contributed by atoms with Gasteiger partial charge in [-0.05, 0) is 43.7 Å². The van der Waals surface area contributed by atoms with E-state index in [0.29, 0.717) is 31.7 Å². The Morgan fingerprint density at radius 3 is 2.61 bits per heavy atom. The van der Waals surface area contributed by atoms with Crippen molar-refractivity contribution in [2.24, 2.45) is 5.92 Å². The van der Waals surface area contributed by atoms with Gasteiger partial charge in [0.05, 0.1) is 0 Å². The highest BCUT2D eigenvalue weighted by Gasteiger charge is 2.37. The van der Waals surface area contributed by atoms with Crippen LogP contribution >= 0.6 is 12.4 Å². The number of hydrogen-bond acceptors (Lipinski definition) is 3. The fourth-order valence-electron chi connectivity index (χ4n) is 2.50. The van der Waals surface area contributed by atoms with Gasteiger partial charge in [-0.25, -0.2) is 4.39 Å². The molecule has 23 heavy (non-hydrogen) atoms. The van der Waals surface area contributed by atoms with Gasteiger partial charge in [0.15, 0.2) is 0 Å². The summed E-state index contributed by atoms with van der Waals surface area (Å²) in [5.74, 6) is -1.43. The lowest BCUT2D eigenvalue weighted by atomic mass is 10.1. The Morgan fingerprint density at radius 2 is 1.96 bits per heavy atom. The minimum absolute atomic E-state index is 0. The number of carbonyl (C=O) groups is 2. The predicted octanol–water partition coefficient (Wildman–Crippen LogP) is 1.72. The van der Waals surface area contributed by atoms with Crippen LogP contribution in [-0.2, 0) is 9.59 Å². The number of halogens is 2. The van der Waals surface area contributed by atoms with Crippen LogP contribution in [0, 0.1) is 11.7 Å². The average Bonchev–Trinajstić information content (AvgIpc) is 2.89. The van der Waals surface area contributed by atoms with Crippen molar-refractivity contribution in [3.8, 4) is 0 Å². The molecule has 0 aliphatic carbocycles. The zero-order chi connectivity index (χ0) is 15.9. The number of rotatable bonds is 7. The molecule has 0 bridgehead atoms. The summed E-state index contributed by atoms with van der Waals surface area (Å²) in [6.07, 6.45) is 1.53. The van der Waals surface area contributed by atoms with Crippen LogP contribution in [0.2, 0.25) is 0 Å². The van der Waals surface area contributed by atoms with Crippen molar-refractivity contribution in [1.29, 1.82) is 0 Å². The quantitative estimate of drug-likeness (QED) is 0.585. The van der Waals surface area contributed by atoms with Crippen LogP contribution in [0.5, 0.6) is 0 Å². The van der Waals surface area contributed by atoms with E-state index in [-0.39, 0.29) is 30.0 Å². The molecule has 1 heterocycles. The van der Waals surface area contributed by atoms with Crippen LogP contribution in [0.15, 0.2) is 24.3 Å². The second kappa shape index (κ2) is 9.47. The number of nitrogens with zero attached hydrogens (tertiary/aromatic N) is 1. The second-order valence-corrected chi connectivity index (χ2v) is 5.35. The van der Waals surface area contributed by atoms with E-state index in [1.165, 1.54) is 12.1 Å². The van der Waals surface area contributed by atoms with E-state index in [0.717, 1.165) is 13.0 Å². The number of carbonyl (C=O) groups excluding carboxylic acids is 2. The minimum Gasteiger partial charge on any atom is -0.354 e. The molecular formula is C16H23ClFN3O2.